The molecular weight excluding hydrogens is 224 g/mol. The molecule has 1 N–H and O–H groups in total. The maximum atomic E-state index is 8.46. The van der Waals surface area contributed by atoms with Crippen molar-refractivity contribution in [3.8, 4) is 0 Å². The van der Waals surface area contributed by atoms with Crippen LogP contribution in [0.15, 0.2) is 12.2 Å². The molecule has 0 saturated carbocycles. The lowest BCUT2D eigenvalue weighted by atomic mass is 9.67. The maximum absolute atomic E-state index is 8.46. The number of rotatable bonds is 7. The Kier molecular flexibility index (Phi) is 6.09. The zero-order chi connectivity index (χ0) is 14.6. The summed E-state index contributed by atoms with van der Waals surface area (Å²) in [4.78, 5) is 4.16. The Labute approximate surface area is 113 Å². The molecule has 0 aliphatic carbocycles. The van der Waals surface area contributed by atoms with Gasteiger partial charge in [0.25, 0.3) is 0 Å². The summed E-state index contributed by atoms with van der Waals surface area (Å²) in [6.07, 6.45) is 3.23. The Balaban J connectivity index is 4.50. The summed E-state index contributed by atoms with van der Waals surface area (Å²) in [6, 6.07) is 0. The fraction of sp³-hybridized carbons (Fsp3) is 0.875. The highest BCUT2D eigenvalue weighted by Gasteiger charge is 2.32. The first kappa shape index (κ1) is 17.7. The van der Waals surface area contributed by atoms with Gasteiger partial charge >= 0.3 is 0 Å². The van der Waals surface area contributed by atoms with E-state index in [4.69, 9.17) is 5.26 Å². The third-order valence-electron chi connectivity index (χ3n) is 2.96. The van der Waals surface area contributed by atoms with Gasteiger partial charge in [-0.2, -0.15) is 0 Å². The highest BCUT2D eigenvalue weighted by molar-refractivity contribution is 4.99. The van der Waals surface area contributed by atoms with Crippen molar-refractivity contribution in [2.75, 3.05) is 6.61 Å². The van der Waals surface area contributed by atoms with Crippen molar-refractivity contribution < 1.29 is 10.1 Å². The Morgan fingerprint density at radius 2 is 1.44 bits per heavy atom. The first-order valence-electron chi connectivity index (χ1n) is 6.80. The molecule has 0 amide bonds. The van der Waals surface area contributed by atoms with Crippen molar-refractivity contribution in [1.29, 1.82) is 0 Å². The van der Waals surface area contributed by atoms with Crippen molar-refractivity contribution in [2.24, 2.45) is 16.2 Å². The monoisotopic (exact) mass is 256 g/mol. The predicted molar refractivity (Wildman–Crippen MR) is 78.6 cm³/mol. The van der Waals surface area contributed by atoms with Crippen molar-refractivity contribution >= 4 is 0 Å². The molecule has 0 atom stereocenters. The Bertz CT molecular complexity index is 269. The van der Waals surface area contributed by atoms with E-state index in [-0.39, 0.29) is 12.0 Å². The predicted octanol–water partition coefficient (Wildman–Crippen LogP) is 5.30. The number of hydrogen-bond donors (Lipinski definition) is 1. The van der Waals surface area contributed by atoms with Crippen LogP contribution >= 0.6 is 0 Å². The first-order valence-corrected chi connectivity index (χ1v) is 6.80. The molecule has 0 aromatic carbocycles. The van der Waals surface area contributed by atoms with Crippen LogP contribution in [0.3, 0.4) is 0 Å². The minimum Gasteiger partial charge on any atom is -0.251 e. The topological polar surface area (TPSA) is 29.5 Å². The molecule has 0 aliphatic rings. The lowest BCUT2D eigenvalue weighted by molar-refractivity contribution is -0.234. The van der Waals surface area contributed by atoms with Gasteiger partial charge in [-0.05, 0) is 41.1 Å². The molecule has 0 rings (SSSR count). The van der Waals surface area contributed by atoms with E-state index in [1.807, 2.05) is 0 Å². The Morgan fingerprint density at radius 3 is 1.83 bits per heavy atom. The smallest absolute Gasteiger partial charge is 0.103 e. The molecule has 2 heteroatoms. The highest BCUT2D eigenvalue weighted by atomic mass is 17.1. The summed E-state index contributed by atoms with van der Waals surface area (Å²) >= 11 is 0. The average Bonchev–Trinajstić information content (AvgIpc) is 1.93. The third kappa shape index (κ3) is 8.71. The average molecular weight is 256 g/mol. The van der Waals surface area contributed by atoms with Gasteiger partial charge in [0.15, 0.2) is 0 Å². The molecule has 108 valence electrons. The largest absolute Gasteiger partial charge is 0.251 e. The van der Waals surface area contributed by atoms with E-state index in [0.29, 0.717) is 10.8 Å². The minimum absolute atomic E-state index is 0.185. The normalized spacial score (nSPS) is 13.8. The molecule has 0 fully saturated rings. The van der Waals surface area contributed by atoms with Gasteiger partial charge in [-0.25, -0.2) is 4.89 Å². The highest BCUT2D eigenvalue weighted by Crippen LogP contribution is 2.43. The van der Waals surface area contributed by atoms with Crippen LogP contribution in [0.5, 0.6) is 0 Å². The van der Waals surface area contributed by atoms with Crippen molar-refractivity contribution in [3.63, 3.8) is 0 Å². The van der Waals surface area contributed by atoms with Crippen LogP contribution < -0.4 is 0 Å². The molecule has 2 nitrogen and oxygen atoms in total. The molecule has 0 aliphatic heterocycles. The van der Waals surface area contributed by atoms with Crippen molar-refractivity contribution in [2.45, 2.75) is 67.7 Å². The van der Waals surface area contributed by atoms with E-state index in [1.165, 1.54) is 6.42 Å². The summed E-state index contributed by atoms with van der Waals surface area (Å²) in [5, 5.41) is 8.46. The summed E-state index contributed by atoms with van der Waals surface area (Å²) in [7, 11) is 0. The van der Waals surface area contributed by atoms with Crippen LogP contribution in [0, 0.1) is 16.2 Å². The van der Waals surface area contributed by atoms with E-state index >= 15 is 0 Å². The molecule has 0 saturated heterocycles. The van der Waals surface area contributed by atoms with Gasteiger partial charge in [-0.3, -0.25) is 5.26 Å². The molecule has 0 unspecified atom stereocenters. The Hall–Kier alpha value is -0.340. The summed E-state index contributed by atoms with van der Waals surface area (Å²) < 4.78 is 0. The van der Waals surface area contributed by atoms with E-state index in [9.17, 15) is 0 Å². The van der Waals surface area contributed by atoms with Crippen molar-refractivity contribution in [1.82, 2.24) is 0 Å². The number of hydrogen-bond acceptors (Lipinski definition) is 2. The van der Waals surface area contributed by atoms with Gasteiger partial charge in [-0.15, -0.1) is 0 Å². The van der Waals surface area contributed by atoms with Gasteiger partial charge in [0.2, 0.25) is 0 Å². The molecule has 18 heavy (non-hydrogen) atoms. The molecule has 0 bridgehead atoms. The second-order valence-corrected chi connectivity index (χ2v) is 8.44. The van der Waals surface area contributed by atoms with Gasteiger partial charge < -0.3 is 0 Å². The van der Waals surface area contributed by atoms with Crippen LogP contribution in [-0.2, 0) is 4.89 Å². The first-order chi connectivity index (χ1) is 7.87. The molecule has 0 spiro atoms. The standard InChI is InChI=1S/C16H32O2/c1-13(10-18-17)9-15(5,6)12-16(7,8)11-14(2,3)4/h17H,1,9-12H2,2-8H3. The molecule has 0 heterocycles. The summed E-state index contributed by atoms with van der Waals surface area (Å²) in [5.74, 6) is 0. The molecular formula is C16H32O2. The second-order valence-electron chi connectivity index (χ2n) is 8.44. The quantitative estimate of drug-likeness (QED) is 0.380. The van der Waals surface area contributed by atoms with Crippen LogP contribution in [-0.4, -0.2) is 11.9 Å². The zero-order valence-electron chi connectivity index (χ0n) is 13.4. The fourth-order valence-electron chi connectivity index (χ4n) is 3.68. The van der Waals surface area contributed by atoms with Gasteiger partial charge in [0, 0.05) is 0 Å². The molecule has 0 radical (unpaired) electrons. The van der Waals surface area contributed by atoms with E-state index < -0.39 is 0 Å². The van der Waals surface area contributed by atoms with Gasteiger partial charge in [-0.1, -0.05) is 55.0 Å². The van der Waals surface area contributed by atoms with Gasteiger partial charge in [0.1, 0.15) is 6.61 Å². The summed E-state index contributed by atoms with van der Waals surface area (Å²) in [5.41, 5.74) is 1.80. The van der Waals surface area contributed by atoms with Crippen molar-refractivity contribution in [3.05, 3.63) is 12.2 Å². The van der Waals surface area contributed by atoms with Crippen LogP contribution in [0.4, 0.5) is 0 Å². The van der Waals surface area contributed by atoms with Crippen LogP contribution in [0.25, 0.3) is 0 Å². The van der Waals surface area contributed by atoms with Gasteiger partial charge in [0.05, 0.1) is 0 Å². The zero-order valence-corrected chi connectivity index (χ0v) is 13.4. The lowest BCUT2D eigenvalue weighted by Gasteiger charge is -2.39. The lowest BCUT2D eigenvalue weighted by Crippen LogP contribution is -2.28. The SMILES string of the molecule is C=C(COO)CC(C)(C)CC(C)(C)CC(C)(C)C. The Morgan fingerprint density at radius 1 is 0.944 bits per heavy atom. The van der Waals surface area contributed by atoms with E-state index in [1.54, 1.807) is 0 Å². The fourth-order valence-corrected chi connectivity index (χ4v) is 3.68. The van der Waals surface area contributed by atoms with Crippen LogP contribution in [0.1, 0.15) is 67.7 Å². The minimum atomic E-state index is 0.185. The third-order valence-corrected chi connectivity index (χ3v) is 2.96. The second kappa shape index (κ2) is 6.21. The summed E-state index contributed by atoms with van der Waals surface area (Å²) in [6.45, 7) is 20.3. The maximum Gasteiger partial charge on any atom is 0.103 e. The van der Waals surface area contributed by atoms with Crippen LogP contribution in [0.2, 0.25) is 0 Å². The molecule has 0 aromatic rings. The molecule has 0 aromatic heterocycles. The van der Waals surface area contributed by atoms with E-state index in [2.05, 4.69) is 59.9 Å². The van der Waals surface area contributed by atoms with E-state index in [0.717, 1.165) is 18.4 Å².